The first kappa shape index (κ1) is 22.5. The molecule has 0 radical (unpaired) electrons. The van der Waals surface area contributed by atoms with Crippen molar-refractivity contribution >= 4 is 35.5 Å². The zero-order chi connectivity index (χ0) is 24.1. The predicted molar refractivity (Wildman–Crippen MR) is 118 cm³/mol. The van der Waals surface area contributed by atoms with E-state index >= 15 is 0 Å². The van der Waals surface area contributed by atoms with Crippen LogP contribution >= 0.6 is 0 Å². The van der Waals surface area contributed by atoms with E-state index in [9.17, 15) is 23.6 Å². The molecule has 1 saturated heterocycles. The molecule has 1 aliphatic heterocycles. The number of halogens is 1. The van der Waals surface area contributed by atoms with Crippen LogP contribution in [0.4, 0.5) is 14.9 Å². The number of furan rings is 1. The largest absolute Gasteiger partial charge is 0.483 e. The van der Waals surface area contributed by atoms with E-state index in [0.717, 1.165) is 4.90 Å². The van der Waals surface area contributed by atoms with Crippen molar-refractivity contribution in [3.8, 4) is 5.75 Å². The normalized spacial score (nSPS) is 14.8. The lowest BCUT2D eigenvalue weighted by Crippen LogP contribution is -2.53. The lowest BCUT2D eigenvalue weighted by Gasteiger charge is -2.25. The standard InChI is InChI=1S/C24H18FN3O6/c25-16-7-9-17(10-8-16)26-21(29)14-34-20-6-2-1-4-15(20)12-19-22(30)27-24(32)28(23(19)31)13-18-5-3-11-33-18/h1-12H,13-14H2,(H,26,29)(H,27,30,32)/b19-12+. The third-order valence-corrected chi connectivity index (χ3v) is 4.79. The molecule has 0 atom stereocenters. The summed E-state index contributed by atoms with van der Waals surface area (Å²) in [6, 6.07) is 14.1. The van der Waals surface area contributed by atoms with E-state index in [0.29, 0.717) is 17.0 Å². The Kier molecular flexibility index (Phi) is 6.49. The zero-order valence-electron chi connectivity index (χ0n) is 17.6. The Morgan fingerprint density at radius 1 is 1.06 bits per heavy atom. The number of nitrogens with zero attached hydrogens (tertiary/aromatic N) is 1. The number of amides is 5. The molecule has 1 fully saturated rings. The Balaban J connectivity index is 1.49. The number of para-hydroxylation sites is 1. The van der Waals surface area contributed by atoms with Crippen molar-refractivity contribution in [2.75, 3.05) is 11.9 Å². The highest BCUT2D eigenvalue weighted by atomic mass is 19.1. The highest BCUT2D eigenvalue weighted by molar-refractivity contribution is 6.31. The molecule has 4 rings (SSSR count). The number of urea groups is 1. The van der Waals surface area contributed by atoms with Gasteiger partial charge in [-0.05, 0) is 48.5 Å². The number of hydrogen-bond donors (Lipinski definition) is 2. The molecule has 0 saturated carbocycles. The van der Waals surface area contributed by atoms with Gasteiger partial charge in [0, 0.05) is 11.3 Å². The molecule has 1 aromatic heterocycles. The van der Waals surface area contributed by atoms with Crippen LogP contribution in [0.2, 0.25) is 0 Å². The number of carbonyl (C=O) groups is 4. The van der Waals surface area contributed by atoms with Crippen LogP contribution in [0.15, 0.2) is 76.9 Å². The van der Waals surface area contributed by atoms with Crippen molar-refractivity contribution in [3.05, 3.63) is 89.6 Å². The number of imide groups is 2. The topological polar surface area (TPSA) is 118 Å². The van der Waals surface area contributed by atoms with E-state index in [1.165, 1.54) is 36.6 Å². The first-order valence-corrected chi connectivity index (χ1v) is 10.1. The second-order valence-corrected chi connectivity index (χ2v) is 7.17. The van der Waals surface area contributed by atoms with Crippen LogP contribution in [0, 0.1) is 5.82 Å². The molecule has 3 aromatic rings. The minimum atomic E-state index is -0.856. The van der Waals surface area contributed by atoms with Gasteiger partial charge in [-0.3, -0.25) is 24.6 Å². The molecule has 0 unspecified atom stereocenters. The number of carbonyl (C=O) groups excluding carboxylic acids is 4. The van der Waals surface area contributed by atoms with Gasteiger partial charge in [-0.2, -0.15) is 0 Å². The minimum absolute atomic E-state index is 0.149. The van der Waals surface area contributed by atoms with Crippen LogP contribution in [0.5, 0.6) is 5.75 Å². The van der Waals surface area contributed by atoms with Gasteiger partial charge in [0.2, 0.25) is 0 Å². The molecule has 10 heteroatoms. The van der Waals surface area contributed by atoms with Crippen molar-refractivity contribution in [2.24, 2.45) is 0 Å². The molecule has 34 heavy (non-hydrogen) atoms. The fraction of sp³-hybridized carbons (Fsp3) is 0.0833. The lowest BCUT2D eigenvalue weighted by molar-refractivity contribution is -0.130. The van der Waals surface area contributed by atoms with Gasteiger partial charge in [-0.1, -0.05) is 18.2 Å². The van der Waals surface area contributed by atoms with Gasteiger partial charge in [-0.25, -0.2) is 9.18 Å². The average molecular weight is 463 g/mol. The fourth-order valence-electron chi connectivity index (χ4n) is 3.16. The predicted octanol–water partition coefficient (Wildman–Crippen LogP) is 3.10. The summed E-state index contributed by atoms with van der Waals surface area (Å²) in [6.07, 6.45) is 2.69. The van der Waals surface area contributed by atoms with Crippen molar-refractivity contribution in [1.29, 1.82) is 0 Å². The van der Waals surface area contributed by atoms with Crippen LogP contribution in [0.1, 0.15) is 11.3 Å². The van der Waals surface area contributed by atoms with Crippen molar-refractivity contribution in [3.63, 3.8) is 0 Å². The number of ether oxygens (including phenoxy) is 1. The lowest BCUT2D eigenvalue weighted by atomic mass is 10.1. The molecule has 0 spiro atoms. The van der Waals surface area contributed by atoms with Crippen LogP contribution in [0.25, 0.3) is 6.08 Å². The summed E-state index contributed by atoms with van der Waals surface area (Å²) in [6.45, 7) is -0.523. The van der Waals surface area contributed by atoms with E-state index in [4.69, 9.17) is 9.15 Å². The molecule has 9 nitrogen and oxygen atoms in total. The van der Waals surface area contributed by atoms with E-state index in [-0.39, 0.29) is 24.5 Å². The number of hydrogen-bond acceptors (Lipinski definition) is 6. The summed E-state index contributed by atoms with van der Waals surface area (Å²) < 4.78 is 23.8. The first-order chi connectivity index (χ1) is 16.4. The van der Waals surface area contributed by atoms with Gasteiger partial charge in [-0.15, -0.1) is 0 Å². The summed E-state index contributed by atoms with van der Waals surface area (Å²) in [5, 5.41) is 4.70. The van der Waals surface area contributed by atoms with Gasteiger partial charge in [0.05, 0.1) is 12.8 Å². The van der Waals surface area contributed by atoms with Crippen molar-refractivity contribution < 1.29 is 32.7 Å². The maximum atomic E-state index is 13.0. The second-order valence-electron chi connectivity index (χ2n) is 7.17. The van der Waals surface area contributed by atoms with Crippen molar-refractivity contribution in [2.45, 2.75) is 6.54 Å². The zero-order valence-corrected chi connectivity index (χ0v) is 17.6. The summed E-state index contributed by atoms with van der Waals surface area (Å²) in [7, 11) is 0. The van der Waals surface area contributed by atoms with Crippen LogP contribution in [0.3, 0.4) is 0 Å². The third kappa shape index (κ3) is 5.18. The summed E-state index contributed by atoms with van der Waals surface area (Å²) >= 11 is 0. The van der Waals surface area contributed by atoms with Crippen LogP contribution in [-0.2, 0) is 20.9 Å². The Hall–Kier alpha value is -4.73. The van der Waals surface area contributed by atoms with Gasteiger partial charge < -0.3 is 14.5 Å². The molecular formula is C24H18FN3O6. The Morgan fingerprint density at radius 2 is 1.82 bits per heavy atom. The number of nitrogens with one attached hydrogen (secondary N) is 2. The van der Waals surface area contributed by atoms with E-state index in [1.54, 1.807) is 36.4 Å². The number of rotatable bonds is 7. The van der Waals surface area contributed by atoms with Gasteiger partial charge in [0.15, 0.2) is 6.61 Å². The quantitative estimate of drug-likeness (QED) is 0.411. The smallest absolute Gasteiger partial charge is 0.331 e. The molecule has 0 aliphatic carbocycles. The van der Waals surface area contributed by atoms with E-state index in [2.05, 4.69) is 10.6 Å². The van der Waals surface area contributed by atoms with Gasteiger partial charge in [0.1, 0.15) is 22.9 Å². The number of barbiturate groups is 1. The molecule has 2 N–H and O–H groups in total. The average Bonchev–Trinajstić information content (AvgIpc) is 3.33. The van der Waals surface area contributed by atoms with Gasteiger partial charge in [0.25, 0.3) is 17.7 Å². The van der Waals surface area contributed by atoms with Gasteiger partial charge >= 0.3 is 6.03 Å². The van der Waals surface area contributed by atoms with E-state index < -0.39 is 29.6 Å². The fourth-order valence-corrected chi connectivity index (χ4v) is 3.16. The molecule has 2 aromatic carbocycles. The van der Waals surface area contributed by atoms with Crippen LogP contribution in [-0.4, -0.2) is 35.3 Å². The van der Waals surface area contributed by atoms with Crippen LogP contribution < -0.4 is 15.4 Å². The molecular weight excluding hydrogens is 445 g/mol. The van der Waals surface area contributed by atoms with Crippen molar-refractivity contribution in [1.82, 2.24) is 10.2 Å². The number of benzene rings is 2. The Labute approximate surface area is 192 Å². The Morgan fingerprint density at radius 3 is 2.56 bits per heavy atom. The SMILES string of the molecule is O=C(COc1ccccc1/C=C1\C(=O)NC(=O)N(Cc2ccco2)C1=O)Nc1ccc(F)cc1. The molecule has 172 valence electrons. The minimum Gasteiger partial charge on any atom is -0.483 e. The second kappa shape index (κ2) is 9.82. The molecule has 5 amide bonds. The highest BCUT2D eigenvalue weighted by Gasteiger charge is 2.36. The molecule has 2 heterocycles. The first-order valence-electron chi connectivity index (χ1n) is 10.1. The summed E-state index contributed by atoms with van der Waals surface area (Å²) in [5.41, 5.74) is 0.469. The summed E-state index contributed by atoms with van der Waals surface area (Å²) in [4.78, 5) is 50.5. The monoisotopic (exact) mass is 463 g/mol. The summed E-state index contributed by atoms with van der Waals surface area (Å²) in [5.74, 6) is -1.96. The maximum absolute atomic E-state index is 13.0. The third-order valence-electron chi connectivity index (χ3n) is 4.79. The molecule has 0 bridgehead atoms. The highest BCUT2D eigenvalue weighted by Crippen LogP contribution is 2.24. The number of anilines is 1. The maximum Gasteiger partial charge on any atom is 0.331 e. The Bertz CT molecular complexity index is 1270. The molecule has 1 aliphatic rings. The van der Waals surface area contributed by atoms with E-state index in [1.807, 2.05) is 0 Å².